The Kier molecular flexibility index (Phi) is 5.41. The SMILES string of the molecule is CCOC(=O)Oc1ccc(C(=O)NC2CCOc3ccc(C)cc32)cc1. The maximum absolute atomic E-state index is 12.6. The number of fused-ring (bicyclic) bond motifs is 1. The van der Waals surface area contributed by atoms with E-state index >= 15 is 0 Å². The van der Waals surface area contributed by atoms with Crippen LogP contribution in [0.1, 0.15) is 40.9 Å². The zero-order valence-corrected chi connectivity index (χ0v) is 14.8. The maximum Gasteiger partial charge on any atom is 0.513 e. The van der Waals surface area contributed by atoms with Gasteiger partial charge in [-0.2, -0.15) is 0 Å². The topological polar surface area (TPSA) is 73.9 Å². The minimum Gasteiger partial charge on any atom is -0.493 e. The number of benzene rings is 2. The molecule has 6 heteroatoms. The lowest BCUT2D eigenvalue weighted by Gasteiger charge is -2.27. The van der Waals surface area contributed by atoms with E-state index in [9.17, 15) is 9.59 Å². The van der Waals surface area contributed by atoms with Crippen molar-refractivity contribution in [2.45, 2.75) is 26.3 Å². The van der Waals surface area contributed by atoms with E-state index in [4.69, 9.17) is 14.2 Å². The molecule has 1 unspecified atom stereocenters. The Morgan fingerprint density at radius 2 is 1.96 bits per heavy atom. The fourth-order valence-electron chi connectivity index (χ4n) is 2.82. The number of amides is 1. The molecule has 1 amide bonds. The summed E-state index contributed by atoms with van der Waals surface area (Å²) in [5.41, 5.74) is 2.60. The molecule has 0 spiro atoms. The summed E-state index contributed by atoms with van der Waals surface area (Å²) in [4.78, 5) is 23.9. The van der Waals surface area contributed by atoms with Gasteiger partial charge >= 0.3 is 6.16 Å². The molecule has 2 aromatic rings. The lowest BCUT2D eigenvalue weighted by atomic mass is 9.98. The Labute approximate surface area is 152 Å². The Hall–Kier alpha value is -3.02. The molecule has 0 saturated heterocycles. The normalized spacial score (nSPS) is 15.4. The third kappa shape index (κ3) is 4.14. The van der Waals surface area contributed by atoms with Crippen LogP contribution in [0.15, 0.2) is 42.5 Å². The third-order valence-electron chi connectivity index (χ3n) is 4.09. The van der Waals surface area contributed by atoms with Crippen molar-refractivity contribution in [3.05, 3.63) is 59.2 Å². The van der Waals surface area contributed by atoms with Gasteiger partial charge in [0.2, 0.25) is 0 Å². The Morgan fingerprint density at radius 3 is 2.69 bits per heavy atom. The molecule has 0 radical (unpaired) electrons. The number of carbonyl (C=O) groups excluding carboxylic acids is 2. The zero-order valence-electron chi connectivity index (χ0n) is 14.8. The minimum absolute atomic E-state index is 0.0957. The van der Waals surface area contributed by atoms with E-state index in [2.05, 4.69) is 5.32 Å². The summed E-state index contributed by atoms with van der Waals surface area (Å²) in [6, 6.07) is 12.2. The van der Waals surface area contributed by atoms with Crippen LogP contribution in [0.25, 0.3) is 0 Å². The number of nitrogens with one attached hydrogen (secondary N) is 1. The largest absolute Gasteiger partial charge is 0.513 e. The van der Waals surface area contributed by atoms with Gasteiger partial charge < -0.3 is 19.5 Å². The highest BCUT2D eigenvalue weighted by Gasteiger charge is 2.23. The summed E-state index contributed by atoms with van der Waals surface area (Å²) in [5, 5.41) is 3.05. The first-order valence-electron chi connectivity index (χ1n) is 8.55. The van der Waals surface area contributed by atoms with Crippen molar-refractivity contribution in [2.24, 2.45) is 0 Å². The highest BCUT2D eigenvalue weighted by Crippen LogP contribution is 2.32. The molecule has 1 aliphatic rings. The fourth-order valence-corrected chi connectivity index (χ4v) is 2.82. The molecule has 0 fully saturated rings. The van der Waals surface area contributed by atoms with E-state index in [-0.39, 0.29) is 18.6 Å². The average molecular weight is 355 g/mol. The molecule has 0 aliphatic carbocycles. The van der Waals surface area contributed by atoms with Crippen LogP contribution in [0, 0.1) is 6.92 Å². The van der Waals surface area contributed by atoms with E-state index < -0.39 is 6.16 Å². The highest BCUT2D eigenvalue weighted by molar-refractivity contribution is 5.94. The smallest absolute Gasteiger partial charge is 0.493 e. The molecule has 1 N–H and O–H groups in total. The van der Waals surface area contributed by atoms with Crippen molar-refractivity contribution in [3.8, 4) is 11.5 Å². The van der Waals surface area contributed by atoms with Gasteiger partial charge in [-0.3, -0.25) is 4.79 Å². The molecule has 6 nitrogen and oxygen atoms in total. The van der Waals surface area contributed by atoms with E-state index in [1.165, 1.54) is 0 Å². The van der Waals surface area contributed by atoms with Crippen molar-refractivity contribution in [1.82, 2.24) is 5.32 Å². The predicted octanol–water partition coefficient (Wildman–Crippen LogP) is 3.78. The predicted molar refractivity (Wildman–Crippen MR) is 95.6 cm³/mol. The first-order chi connectivity index (χ1) is 12.6. The van der Waals surface area contributed by atoms with Crippen LogP contribution in [0.4, 0.5) is 4.79 Å². The van der Waals surface area contributed by atoms with Gasteiger partial charge in [0.1, 0.15) is 11.5 Å². The van der Waals surface area contributed by atoms with Crippen LogP contribution in [-0.2, 0) is 4.74 Å². The van der Waals surface area contributed by atoms with Gasteiger partial charge in [-0.15, -0.1) is 0 Å². The van der Waals surface area contributed by atoms with Gasteiger partial charge in [-0.05, 0) is 44.2 Å². The molecule has 1 atom stereocenters. The molecule has 1 aliphatic heterocycles. The Balaban J connectivity index is 1.67. The van der Waals surface area contributed by atoms with Crippen LogP contribution >= 0.6 is 0 Å². The number of carbonyl (C=O) groups is 2. The summed E-state index contributed by atoms with van der Waals surface area (Å²) < 4.78 is 15.4. The van der Waals surface area contributed by atoms with Crippen LogP contribution in [0.2, 0.25) is 0 Å². The van der Waals surface area contributed by atoms with Gasteiger partial charge in [-0.25, -0.2) is 4.79 Å². The Morgan fingerprint density at radius 1 is 1.19 bits per heavy atom. The van der Waals surface area contributed by atoms with Crippen molar-refractivity contribution < 1.29 is 23.8 Å². The van der Waals surface area contributed by atoms with Gasteiger partial charge in [0.25, 0.3) is 5.91 Å². The second-order valence-corrected chi connectivity index (χ2v) is 6.01. The van der Waals surface area contributed by atoms with E-state index in [0.29, 0.717) is 24.3 Å². The number of rotatable bonds is 4. The molecule has 136 valence electrons. The minimum atomic E-state index is -0.765. The molecular formula is C20H21NO5. The summed E-state index contributed by atoms with van der Waals surface area (Å²) in [7, 11) is 0. The second-order valence-electron chi connectivity index (χ2n) is 6.01. The summed E-state index contributed by atoms with van der Waals surface area (Å²) in [5.74, 6) is 0.949. The van der Waals surface area contributed by atoms with Crippen LogP contribution in [0.5, 0.6) is 11.5 Å². The van der Waals surface area contributed by atoms with Gasteiger partial charge in [0, 0.05) is 17.5 Å². The van der Waals surface area contributed by atoms with Crippen LogP contribution < -0.4 is 14.8 Å². The number of hydrogen-bond donors (Lipinski definition) is 1. The highest BCUT2D eigenvalue weighted by atomic mass is 16.7. The summed E-state index contributed by atoms with van der Waals surface area (Å²) >= 11 is 0. The molecule has 0 saturated carbocycles. The summed E-state index contributed by atoms with van der Waals surface area (Å²) in [6.45, 7) is 4.51. The van der Waals surface area contributed by atoms with Crippen molar-refractivity contribution >= 4 is 12.1 Å². The number of ether oxygens (including phenoxy) is 3. The zero-order chi connectivity index (χ0) is 18.5. The Bertz CT molecular complexity index is 800. The lowest BCUT2D eigenvalue weighted by molar-refractivity contribution is 0.0924. The van der Waals surface area contributed by atoms with Crippen LogP contribution in [0.3, 0.4) is 0 Å². The van der Waals surface area contributed by atoms with Crippen molar-refractivity contribution in [2.75, 3.05) is 13.2 Å². The van der Waals surface area contributed by atoms with E-state index in [1.807, 2.05) is 25.1 Å². The molecule has 3 rings (SSSR count). The molecule has 2 aromatic carbocycles. The van der Waals surface area contributed by atoms with Crippen LogP contribution in [-0.4, -0.2) is 25.3 Å². The van der Waals surface area contributed by atoms with Crippen molar-refractivity contribution in [1.29, 1.82) is 0 Å². The maximum atomic E-state index is 12.6. The molecule has 1 heterocycles. The molecular weight excluding hydrogens is 334 g/mol. The second kappa shape index (κ2) is 7.91. The first kappa shape index (κ1) is 17.8. The number of aryl methyl sites for hydroxylation is 1. The summed E-state index contributed by atoms with van der Waals surface area (Å²) in [6.07, 6.45) is -0.0504. The quantitative estimate of drug-likeness (QED) is 0.667. The van der Waals surface area contributed by atoms with Gasteiger partial charge in [-0.1, -0.05) is 17.7 Å². The molecule has 0 aromatic heterocycles. The fraction of sp³-hybridized carbons (Fsp3) is 0.300. The monoisotopic (exact) mass is 355 g/mol. The van der Waals surface area contributed by atoms with Gasteiger partial charge in [0.15, 0.2) is 0 Å². The molecule has 0 bridgehead atoms. The number of hydrogen-bond acceptors (Lipinski definition) is 5. The third-order valence-corrected chi connectivity index (χ3v) is 4.09. The van der Waals surface area contributed by atoms with E-state index in [0.717, 1.165) is 16.9 Å². The lowest BCUT2D eigenvalue weighted by Crippen LogP contribution is -2.32. The van der Waals surface area contributed by atoms with E-state index in [1.54, 1.807) is 31.2 Å². The first-order valence-corrected chi connectivity index (χ1v) is 8.55. The van der Waals surface area contributed by atoms with Gasteiger partial charge in [0.05, 0.1) is 19.3 Å². The van der Waals surface area contributed by atoms with Crippen molar-refractivity contribution in [3.63, 3.8) is 0 Å². The average Bonchev–Trinajstić information content (AvgIpc) is 2.63. The molecule has 26 heavy (non-hydrogen) atoms. The standard InChI is InChI=1S/C20H21NO5/c1-3-24-20(23)26-15-7-5-14(6-8-15)19(22)21-17-10-11-25-18-9-4-13(2)12-16(17)18/h4-9,12,17H,3,10-11H2,1-2H3,(H,21,22).